The maximum Gasteiger partial charge on any atom is 0.341 e. The summed E-state index contributed by atoms with van der Waals surface area (Å²) >= 11 is 1.30. The zero-order chi connectivity index (χ0) is 21.4. The Morgan fingerprint density at radius 2 is 1.83 bits per heavy atom. The molecule has 0 saturated carbocycles. The number of aryl methyl sites for hydroxylation is 1. The van der Waals surface area contributed by atoms with Crippen molar-refractivity contribution in [3.05, 3.63) is 51.4 Å². The Kier molecular flexibility index (Phi) is 7.90. The van der Waals surface area contributed by atoms with Gasteiger partial charge in [0.05, 0.1) is 31.1 Å². The third kappa shape index (κ3) is 5.89. The average molecular weight is 418 g/mol. The lowest BCUT2D eigenvalue weighted by Gasteiger charge is -2.06. The summed E-state index contributed by atoms with van der Waals surface area (Å²) in [5, 5.41) is 6.83. The van der Waals surface area contributed by atoms with Crippen LogP contribution < -0.4 is 5.32 Å². The summed E-state index contributed by atoms with van der Waals surface area (Å²) in [6, 6.07) is 6.53. The summed E-state index contributed by atoms with van der Waals surface area (Å²) < 4.78 is 9.68. The molecule has 2 aromatic rings. The van der Waals surface area contributed by atoms with E-state index >= 15 is 0 Å². The molecular formula is C20H22N2O6S. The molecular weight excluding hydrogens is 396 g/mol. The number of hydrogen-bond donors (Lipinski definition) is 1. The molecule has 0 bridgehead atoms. The van der Waals surface area contributed by atoms with E-state index in [1.165, 1.54) is 24.7 Å². The van der Waals surface area contributed by atoms with Crippen LogP contribution in [-0.4, -0.2) is 44.4 Å². The maximum atomic E-state index is 12.1. The smallest absolute Gasteiger partial charge is 0.341 e. The molecule has 1 aromatic heterocycles. The zero-order valence-corrected chi connectivity index (χ0v) is 17.4. The van der Waals surface area contributed by atoms with Crippen LogP contribution in [0.25, 0.3) is 0 Å². The number of ether oxygens (including phenoxy) is 2. The van der Waals surface area contributed by atoms with Crippen molar-refractivity contribution in [3.63, 3.8) is 0 Å². The standard InChI is InChI=1S/C20H22N2O6S/c1-5-27-20(25)17-12(2)13(3)29-18(17)22-16(23)11-28-21-10-14-6-8-15(9-7-14)19(24)26-4/h6-10H,5,11H2,1-4H3,(H,22,23)/b21-10+. The molecule has 1 heterocycles. The average Bonchev–Trinajstić information content (AvgIpc) is 2.98. The van der Waals surface area contributed by atoms with Crippen LogP contribution in [0.3, 0.4) is 0 Å². The molecule has 0 aliphatic heterocycles. The van der Waals surface area contributed by atoms with Crippen LogP contribution in [-0.2, 0) is 19.1 Å². The number of anilines is 1. The number of nitrogens with zero attached hydrogens (tertiary/aromatic N) is 1. The van der Waals surface area contributed by atoms with Crippen LogP contribution in [0.2, 0.25) is 0 Å². The number of carbonyl (C=O) groups excluding carboxylic acids is 3. The van der Waals surface area contributed by atoms with Crippen LogP contribution >= 0.6 is 11.3 Å². The molecule has 1 aromatic carbocycles. The van der Waals surface area contributed by atoms with Gasteiger partial charge >= 0.3 is 11.9 Å². The van der Waals surface area contributed by atoms with E-state index in [1.807, 2.05) is 6.92 Å². The van der Waals surface area contributed by atoms with Crippen molar-refractivity contribution in [2.75, 3.05) is 25.6 Å². The Morgan fingerprint density at radius 1 is 1.14 bits per heavy atom. The lowest BCUT2D eigenvalue weighted by Crippen LogP contribution is -2.18. The van der Waals surface area contributed by atoms with E-state index in [1.54, 1.807) is 38.1 Å². The Labute approximate surface area is 172 Å². The minimum Gasteiger partial charge on any atom is -0.465 e. The van der Waals surface area contributed by atoms with Gasteiger partial charge in [0.15, 0.2) is 6.61 Å². The number of rotatable bonds is 8. The topological polar surface area (TPSA) is 103 Å². The number of benzene rings is 1. The van der Waals surface area contributed by atoms with Gasteiger partial charge in [-0.1, -0.05) is 17.3 Å². The van der Waals surface area contributed by atoms with Crippen molar-refractivity contribution in [2.45, 2.75) is 20.8 Å². The zero-order valence-electron chi connectivity index (χ0n) is 16.6. The maximum absolute atomic E-state index is 12.1. The van der Waals surface area contributed by atoms with Crippen molar-refractivity contribution < 1.29 is 28.7 Å². The molecule has 2 rings (SSSR count). The molecule has 0 aliphatic carbocycles. The fourth-order valence-corrected chi connectivity index (χ4v) is 3.41. The van der Waals surface area contributed by atoms with Gasteiger partial charge in [0.2, 0.25) is 0 Å². The lowest BCUT2D eigenvalue weighted by molar-refractivity contribution is -0.120. The minimum absolute atomic E-state index is 0.249. The summed E-state index contributed by atoms with van der Waals surface area (Å²) in [7, 11) is 1.31. The Bertz CT molecular complexity index is 918. The van der Waals surface area contributed by atoms with Crippen molar-refractivity contribution in [1.29, 1.82) is 0 Å². The number of methoxy groups -OCH3 is 1. The first-order valence-corrected chi connectivity index (χ1v) is 9.59. The number of nitrogens with one attached hydrogen (secondary N) is 1. The Morgan fingerprint density at radius 3 is 2.45 bits per heavy atom. The van der Waals surface area contributed by atoms with Crippen LogP contribution in [0.4, 0.5) is 5.00 Å². The molecule has 29 heavy (non-hydrogen) atoms. The van der Waals surface area contributed by atoms with Crippen molar-refractivity contribution in [2.24, 2.45) is 5.16 Å². The highest BCUT2D eigenvalue weighted by Crippen LogP contribution is 2.33. The SMILES string of the molecule is CCOC(=O)c1c(NC(=O)CO/N=C/c2ccc(C(=O)OC)cc2)sc(C)c1C. The van der Waals surface area contributed by atoms with Gasteiger partial charge in [0.25, 0.3) is 5.91 Å². The van der Waals surface area contributed by atoms with Gasteiger partial charge in [-0.25, -0.2) is 9.59 Å². The predicted molar refractivity (Wildman–Crippen MR) is 110 cm³/mol. The lowest BCUT2D eigenvalue weighted by atomic mass is 10.1. The van der Waals surface area contributed by atoms with Gasteiger partial charge in [-0.15, -0.1) is 11.3 Å². The molecule has 0 aliphatic rings. The largest absolute Gasteiger partial charge is 0.465 e. The number of hydrogen-bond acceptors (Lipinski definition) is 8. The monoisotopic (exact) mass is 418 g/mol. The number of amides is 1. The molecule has 1 N–H and O–H groups in total. The number of carbonyl (C=O) groups is 3. The molecule has 0 atom stereocenters. The summed E-state index contributed by atoms with van der Waals surface area (Å²) in [4.78, 5) is 41.6. The van der Waals surface area contributed by atoms with Crippen LogP contribution in [0.15, 0.2) is 29.4 Å². The molecule has 0 radical (unpaired) electrons. The first kappa shape index (κ1) is 22.1. The molecule has 0 fully saturated rings. The van der Waals surface area contributed by atoms with E-state index in [9.17, 15) is 14.4 Å². The van der Waals surface area contributed by atoms with Gasteiger partial charge in [-0.2, -0.15) is 0 Å². The van der Waals surface area contributed by atoms with E-state index < -0.39 is 17.8 Å². The Hall–Kier alpha value is -3.20. The number of oxime groups is 1. The summed E-state index contributed by atoms with van der Waals surface area (Å²) in [6.07, 6.45) is 1.41. The highest BCUT2D eigenvalue weighted by molar-refractivity contribution is 7.16. The molecule has 154 valence electrons. The Balaban J connectivity index is 1.92. The highest BCUT2D eigenvalue weighted by atomic mass is 32.1. The normalized spacial score (nSPS) is 10.6. The van der Waals surface area contributed by atoms with Crippen molar-refractivity contribution in [1.82, 2.24) is 0 Å². The van der Waals surface area contributed by atoms with Gasteiger partial charge in [0.1, 0.15) is 5.00 Å². The van der Waals surface area contributed by atoms with E-state index in [0.717, 1.165) is 10.4 Å². The van der Waals surface area contributed by atoms with Gasteiger partial charge < -0.3 is 19.6 Å². The van der Waals surface area contributed by atoms with Crippen LogP contribution in [0, 0.1) is 13.8 Å². The fourth-order valence-electron chi connectivity index (χ4n) is 2.34. The molecule has 0 unspecified atom stereocenters. The van der Waals surface area contributed by atoms with Gasteiger partial charge in [-0.05, 0) is 44.0 Å². The minimum atomic E-state index is -0.473. The summed E-state index contributed by atoms with van der Waals surface area (Å²) in [6.45, 7) is 5.32. The fraction of sp³-hybridized carbons (Fsp3) is 0.300. The van der Waals surface area contributed by atoms with Gasteiger partial charge in [-0.3, -0.25) is 4.79 Å². The van der Waals surface area contributed by atoms with Crippen molar-refractivity contribution in [3.8, 4) is 0 Å². The first-order valence-electron chi connectivity index (χ1n) is 8.78. The van der Waals surface area contributed by atoms with Crippen molar-refractivity contribution >= 4 is 40.4 Å². The highest BCUT2D eigenvalue weighted by Gasteiger charge is 2.22. The predicted octanol–water partition coefficient (Wildman–Crippen LogP) is 3.32. The number of thiophene rings is 1. The third-order valence-electron chi connectivity index (χ3n) is 3.92. The third-order valence-corrected chi connectivity index (χ3v) is 5.04. The van der Waals surface area contributed by atoms with E-state index in [2.05, 4.69) is 15.2 Å². The van der Waals surface area contributed by atoms with E-state index in [-0.39, 0.29) is 13.2 Å². The second-order valence-electron chi connectivity index (χ2n) is 5.88. The molecule has 0 spiro atoms. The number of esters is 2. The van der Waals surface area contributed by atoms with E-state index in [4.69, 9.17) is 9.57 Å². The molecule has 1 amide bonds. The first-order chi connectivity index (χ1) is 13.9. The van der Waals surface area contributed by atoms with Gasteiger partial charge in [0, 0.05) is 4.88 Å². The molecule has 8 nitrogen and oxygen atoms in total. The van der Waals surface area contributed by atoms with Crippen LogP contribution in [0.5, 0.6) is 0 Å². The summed E-state index contributed by atoms with van der Waals surface area (Å²) in [5.74, 6) is -1.35. The molecule has 9 heteroatoms. The van der Waals surface area contributed by atoms with E-state index in [0.29, 0.717) is 21.7 Å². The van der Waals surface area contributed by atoms with Crippen LogP contribution in [0.1, 0.15) is 43.6 Å². The second kappa shape index (κ2) is 10.4. The quantitative estimate of drug-likeness (QED) is 0.401. The molecule has 0 saturated heterocycles. The summed E-state index contributed by atoms with van der Waals surface area (Å²) in [5.41, 5.74) is 2.24. The second-order valence-corrected chi connectivity index (χ2v) is 7.10.